The summed E-state index contributed by atoms with van der Waals surface area (Å²) >= 11 is 2.70. The summed E-state index contributed by atoms with van der Waals surface area (Å²) < 4.78 is 6.17. The number of nitrogens with two attached hydrogens (primary N) is 1. The summed E-state index contributed by atoms with van der Waals surface area (Å²) in [6, 6.07) is 0.123. The predicted octanol–water partition coefficient (Wildman–Crippen LogP) is 1.96. The highest BCUT2D eigenvalue weighted by atomic mass is 32.2. The topological polar surface area (TPSA) is 107 Å². The number of nitrogens with zero attached hydrogens (tertiary/aromatic N) is 3. The van der Waals surface area contributed by atoms with Crippen LogP contribution in [0.3, 0.4) is 0 Å². The predicted molar refractivity (Wildman–Crippen MR) is 74.3 cm³/mol. The summed E-state index contributed by atoms with van der Waals surface area (Å²) in [6.45, 7) is 3.87. The maximum absolute atomic E-state index is 11.7. The van der Waals surface area contributed by atoms with Gasteiger partial charge in [-0.05, 0) is 0 Å². The highest BCUT2D eigenvalue weighted by Crippen LogP contribution is 2.26. The van der Waals surface area contributed by atoms with Crippen molar-refractivity contribution in [2.45, 2.75) is 24.0 Å². The molecule has 2 rings (SSSR count). The standard InChI is InChI=1S/C10H13N5O2S2/c1-5(2)8-14-15-10(17-8)13-6(16)4-18-7-3-12-9(11)19-7/h3,5H,4H2,1-2H3,(H2,11,12)(H,13,15,16). The van der Waals surface area contributed by atoms with Crippen LogP contribution in [0.5, 0.6) is 0 Å². The number of carbonyl (C=O) groups excluding carboxylic acids is 1. The van der Waals surface area contributed by atoms with Crippen molar-refractivity contribution < 1.29 is 9.21 Å². The Morgan fingerprint density at radius 2 is 2.37 bits per heavy atom. The van der Waals surface area contributed by atoms with Gasteiger partial charge in [0.05, 0.1) is 16.2 Å². The monoisotopic (exact) mass is 299 g/mol. The highest BCUT2D eigenvalue weighted by molar-refractivity contribution is 8.01. The largest absolute Gasteiger partial charge is 0.408 e. The van der Waals surface area contributed by atoms with Crippen LogP contribution in [0.2, 0.25) is 0 Å². The van der Waals surface area contributed by atoms with Crippen molar-refractivity contribution >= 4 is 40.2 Å². The third kappa shape index (κ3) is 3.93. The lowest BCUT2D eigenvalue weighted by atomic mass is 10.2. The molecule has 1 amide bonds. The van der Waals surface area contributed by atoms with E-state index in [1.165, 1.54) is 23.1 Å². The van der Waals surface area contributed by atoms with E-state index in [4.69, 9.17) is 10.2 Å². The Hall–Kier alpha value is -1.61. The number of carbonyl (C=O) groups is 1. The molecule has 0 aliphatic carbocycles. The van der Waals surface area contributed by atoms with Crippen molar-refractivity contribution in [3.8, 4) is 0 Å². The van der Waals surface area contributed by atoms with Crippen LogP contribution in [0.1, 0.15) is 25.7 Å². The van der Waals surface area contributed by atoms with E-state index >= 15 is 0 Å². The summed E-state index contributed by atoms with van der Waals surface area (Å²) in [5.41, 5.74) is 5.50. The Morgan fingerprint density at radius 3 is 2.95 bits per heavy atom. The molecule has 2 aromatic rings. The summed E-state index contributed by atoms with van der Waals surface area (Å²) in [4.78, 5) is 15.6. The van der Waals surface area contributed by atoms with Crippen molar-refractivity contribution in [1.82, 2.24) is 15.2 Å². The van der Waals surface area contributed by atoms with E-state index in [0.717, 1.165) is 4.21 Å². The third-order valence-electron chi connectivity index (χ3n) is 2.03. The van der Waals surface area contributed by atoms with Gasteiger partial charge in [0.15, 0.2) is 5.13 Å². The molecule has 0 unspecified atom stereocenters. The summed E-state index contributed by atoms with van der Waals surface area (Å²) in [5, 5.41) is 10.6. The lowest BCUT2D eigenvalue weighted by Crippen LogP contribution is -2.14. The first-order chi connectivity index (χ1) is 9.04. The molecule has 0 spiro atoms. The lowest BCUT2D eigenvalue weighted by Gasteiger charge is -1.99. The van der Waals surface area contributed by atoms with Gasteiger partial charge in [-0.3, -0.25) is 10.1 Å². The number of aromatic nitrogens is 3. The Labute approximate surface area is 118 Å². The Bertz CT molecular complexity index is 566. The zero-order valence-corrected chi connectivity index (χ0v) is 12.0. The van der Waals surface area contributed by atoms with Crippen LogP contribution in [0.25, 0.3) is 0 Å². The van der Waals surface area contributed by atoms with E-state index in [2.05, 4.69) is 20.5 Å². The second kappa shape index (κ2) is 6.02. The Balaban J connectivity index is 1.83. The van der Waals surface area contributed by atoms with Crippen molar-refractivity contribution in [3.05, 3.63) is 12.1 Å². The first-order valence-corrected chi connectivity index (χ1v) is 7.32. The minimum absolute atomic E-state index is 0.123. The van der Waals surface area contributed by atoms with Crippen molar-refractivity contribution in [3.63, 3.8) is 0 Å². The molecule has 9 heteroatoms. The molecule has 2 aromatic heterocycles. The van der Waals surface area contributed by atoms with E-state index in [-0.39, 0.29) is 23.6 Å². The number of hydrogen-bond donors (Lipinski definition) is 2. The second-order valence-electron chi connectivity index (χ2n) is 3.95. The number of rotatable bonds is 5. The molecular formula is C10H13N5O2S2. The van der Waals surface area contributed by atoms with Crippen molar-refractivity contribution in [1.29, 1.82) is 0 Å². The van der Waals surface area contributed by atoms with Gasteiger partial charge >= 0.3 is 6.01 Å². The molecule has 19 heavy (non-hydrogen) atoms. The van der Waals surface area contributed by atoms with Gasteiger partial charge < -0.3 is 10.2 Å². The third-order valence-corrected chi connectivity index (χ3v) is 4.05. The molecular weight excluding hydrogens is 286 g/mol. The number of thiazole rings is 1. The number of nitrogens with one attached hydrogen (secondary N) is 1. The van der Waals surface area contributed by atoms with Gasteiger partial charge in [0, 0.05) is 5.92 Å². The smallest absolute Gasteiger partial charge is 0.322 e. The fourth-order valence-electron chi connectivity index (χ4n) is 1.15. The minimum atomic E-state index is -0.212. The molecule has 0 aromatic carbocycles. The maximum Gasteiger partial charge on any atom is 0.322 e. The number of anilines is 2. The average molecular weight is 299 g/mol. The van der Waals surface area contributed by atoms with Crippen LogP contribution in [0, 0.1) is 0 Å². The zero-order valence-electron chi connectivity index (χ0n) is 10.4. The number of thioether (sulfide) groups is 1. The molecule has 0 radical (unpaired) electrons. The summed E-state index contributed by atoms with van der Waals surface area (Å²) in [5.74, 6) is 0.655. The number of nitrogen functional groups attached to an aromatic ring is 1. The van der Waals surface area contributed by atoms with Gasteiger partial charge in [0.1, 0.15) is 0 Å². The van der Waals surface area contributed by atoms with Gasteiger partial charge in [0.25, 0.3) is 0 Å². The fourth-order valence-corrected chi connectivity index (χ4v) is 2.71. The SMILES string of the molecule is CC(C)c1nnc(NC(=O)CSc2cnc(N)s2)o1. The Morgan fingerprint density at radius 1 is 1.58 bits per heavy atom. The first kappa shape index (κ1) is 13.8. The molecule has 0 saturated carbocycles. The lowest BCUT2D eigenvalue weighted by molar-refractivity contribution is -0.113. The highest BCUT2D eigenvalue weighted by Gasteiger charge is 2.12. The van der Waals surface area contributed by atoms with Crippen LogP contribution < -0.4 is 11.1 Å². The fraction of sp³-hybridized carbons (Fsp3) is 0.400. The van der Waals surface area contributed by atoms with Crippen LogP contribution in [0.15, 0.2) is 14.8 Å². The molecule has 0 aliphatic rings. The number of amides is 1. The molecule has 102 valence electrons. The quantitative estimate of drug-likeness (QED) is 0.812. The number of hydrogen-bond acceptors (Lipinski definition) is 8. The molecule has 0 saturated heterocycles. The van der Waals surface area contributed by atoms with Crippen LogP contribution in [-0.2, 0) is 4.79 Å². The van der Waals surface area contributed by atoms with Gasteiger partial charge in [-0.15, -0.1) is 16.9 Å². The van der Waals surface area contributed by atoms with Crippen molar-refractivity contribution in [2.24, 2.45) is 0 Å². The molecule has 0 fully saturated rings. The van der Waals surface area contributed by atoms with Gasteiger partial charge in [0.2, 0.25) is 11.8 Å². The van der Waals surface area contributed by atoms with Gasteiger partial charge in [-0.2, -0.15) is 0 Å². The Kier molecular flexibility index (Phi) is 4.38. The van der Waals surface area contributed by atoms with Gasteiger partial charge in [-0.1, -0.05) is 30.3 Å². The van der Waals surface area contributed by atoms with Crippen LogP contribution in [-0.4, -0.2) is 26.8 Å². The van der Waals surface area contributed by atoms with Crippen LogP contribution in [0.4, 0.5) is 11.1 Å². The molecule has 2 heterocycles. The van der Waals surface area contributed by atoms with E-state index in [1.54, 1.807) is 6.20 Å². The summed E-state index contributed by atoms with van der Waals surface area (Å²) in [7, 11) is 0. The van der Waals surface area contributed by atoms with Gasteiger partial charge in [-0.25, -0.2) is 4.98 Å². The van der Waals surface area contributed by atoms with Crippen molar-refractivity contribution in [2.75, 3.05) is 16.8 Å². The molecule has 0 atom stereocenters. The molecule has 0 bridgehead atoms. The summed E-state index contributed by atoms with van der Waals surface area (Å²) in [6.07, 6.45) is 1.64. The van der Waals surface area contributed by atoms with E-state index in [1.807, 2.05) is 13.8 Å². The van der Waals surface area contributed by atoms with E-state index < -0.39 is 0 Å². The molecule has 7 nitrogen and oxygen atoms in total. The first-order valence-electron chi connectivity index (χ1n) is 5.52. The zero-order chi connectivity index (χ0) is 13.8. The maximum atomic E-state index is 11.7. The average Bonchev–Trinajstić information content (AvgIpc) is 2.96. The second-order valence-corrected chi connectivity index (χ2v) is 6.29. The van der Waals surface area contributed by atoms with E-state index in [0.29, 0.717) is 11.0 Å². The molecule has 3 N–H and O–H groups in total. The minimum Gasteiger partial charge on any atom is -0.408 e. The van der Waals surface area contributed by atoms with E-state index in [9.17, 15) is 4.79 Å². The normalized spacial score (nSPS) is 10.9. The van der Waals surface area contributed by atoms with Crippen LogP contribution >= 0.6 is 23.1 Å². The molecule has 0 aliphatic heterocycles.